The summed E-state index contributed by atoms with van der Waals surface area (Å²) >= 11 is 13.0. The predicted molar refractivity (Wildman–Crippen MR) is 69.4 cm³/mol. The Hall–Kier alpha value is -0.610. The summed E-state index contributed by atoms with van der Waals surface area (Å²) in [5.41, 5.74) is 0.325. The van der Waals surface area contributed by atoms with Gasteiger partial charge in [-0.05, 0) is 18.2 Å². The Morgan fingerprint density at radius 3 is 2.71 bits per heavy atom. The van der Waals surface area contributed by atoms with Crippen LogP contribution in [-0.4, -0.2) is 5.11 Å². The Morgan fingerprint density at radius 2 is 2.12 bits per heavy atom. The highest BCUT2D eigenvalue weighted by atomic mass is 35.5. The maximum Gasteiger partial charge on any atom is 0.127 e. The zero-order valence-corrected chi connectivity index (χ0v) is 11.0. The molecule has 1 aromatic heterocycles. The van der Waals surface area contributed by atoms with Crippen LogP contribution in [0.4, 0.5) is 4.39 Å². The van der Waals surface area contributed by atoms with E-state index in [1.807, 2.05) is 0 Å². The normalized spacial score (nSPS) is 12.7. The molecule has 1 N–H and O–H groups in total. The number of rotatable bonds is 3. The largest absolute Gasteiger partial charge is 0.387 e. The summed E-state index contributed by atoms with van der Waals surface area (Å²) in [6.07, 6.45) is -0.649. The Morgan fingerprint density at radius 1 is 1.35 bits per heavy atom. The van der Waals surface area contributed by atoms with E-state index in [-0.39, 0.29) is 6.42 Å². The maximum absolute atomic E-state index is 13.5. The molecule has 0 saturated heterocycles. The Bertz CT molecular complexity index is 507. The zero-order valence-electron chi connectivity index (χ0n) is 8.66. The van der Waals surface area contributed by atoms with Crippen LogP contribution in [0.2, 0.25) is 10.0 Å². The predicted octanol–water partition coefficient (Wildman–Crippen LogP) is 4.47. The number of aliphatic hydroxyl groups excluding tert-OH is 1. The van der Waals surface area contributed by atoms with Gasteiger partial charge in [-0.3, -0.25) is 0 Å². The molecule has 0 spiro atoms. The van der Waals surface area contributed by atoms with Gasteiger partial charge in [-0.1, -0.05) is 29.3 Å². The summed E-state index contributed by atoms with van der Waals surface area (Å²) in [4.78, 5) is 0.703. The lowest BCUT2D eigenvalue weighted by molar-refractivity contribution is 0.181. The number of benzene rings is 1. The number of hydrogen-bond acceptors (Lipinski definition) is 2. The van der Waals surface area contributed by atoms with E-state index in [4.69, 9.17) is 23.2 Å². The van der Waals surface area contributed by atoms with E-state index in [1.54, 1.807) is 17.5 Å². The van der Waals surface area contributed by atoms with Crippen LogP contribution in [0, 0.1) is 5.82 Å². The van der Waals surface area contributed by atoms with Crippen molar-refractivity contribution in [1.29, 1.82) is 0 Å². The highest BCUT2D eigenvalue weighted by molar-refractivity contribution is 7.10. The molecule has 1 unspecified atom stereocenters. The molecule has 0 aliphatic rings. The molecule has 1 nitrogen and oxygen atoms in total. The van der Waals surface area contributed by atoms with E-state index in [9.17, 15) is 9.50 Å². The smallest absolute Gasteiger partial charge is 0.127 e. The molecule has 0 amide bonds. The molecule has 5 heteroatoms. The second-order valence-electron chi connectivity index (χ2n) is 3.59. The molecule has 2 rings (SSSR count). The minimum Gasteiger partial charge on any atom is -0.387 e. The van der Waals surface area contributed by atoms with Gasteiger partial charge < -0.3 is 5.11 Å². The van der Waals surface area contributed by atoms with Gasteiger partial charge in [0.25, 0.3) is 0 Å². The van der Waals surface area contributed by atoms with E-state index in [2.05, 4.69) is 0 Å². The van der Waals surface area contributed by atoms with Gasteiger partial charge in [-0.15, -0.1) is 11.3 Å². The first-order valence-electron chi connectivity index (χ1n) is 4.93. The molecule has 90 valence electrons. The molecule has 0 aliphatic heterocycles. The monoisotopic (exact) mass is 290 g/mol. The Kier molecular flexibility index (Phi) is 4.05. The Balaban J connectivity index is 2.21. The van der Waals surface area contributed by atoms with Gasteiger partial charge in [0.2, 0.25) is 0 Å². The third-order valence-corrected chi connectivity index (χ3v) is 4.11. The van der Waals surface area contributed by atoms with Crippen molar-refractivity contribution in [2.75, 3.05) is 0 Å². The molecule has 0 fully saturated rings. The maximum atomic E-state index is 13.5. The summed E-state index contributed by atoms with van der Waals surface area (Å²) < 4.78 is 13.5. The van der Waals surface area contributed by atoms with Crippen LogP contribution < -0.4 is 0 Å². The van der Waals surface area contributed by atoms with Crippen LogP contribution in [0.15, 0.2) is 29.6 Å². The van der Waals surface area contributed by atoms with Crippen molar-refractivity contribution in [2.24, 2.45) is 0 Å². The minimum atomic E-state index is -0.790. The van der Waals surface area contributed by atoms with Gasteiger partial charge in [0, 0.05) is 27.3 Å². The van der Waals surface area contributed by atoms with E-state index in [0.29, 0.717) is 20.5 Å². The van der Waals surface area contributed by atoms with Crippen molar-refractivity contribution < 1.29 is 9.50 Å². The second kappa shape index (κ2) is 5.36. The quantitative estimate of drug-likeness (QED) is 0.884. The molecule has 2 aromatic rings. The standard InChI is InChI=1S/C12H9Cl2FOS/c13-7-4-12(17-6-7)11(16)5-8-9(14)2-1-3-10(8)15/h1-4,6,11,16H,5H2. The fraction of sp³-hybridized carbons (Fsp3) is 0.167. The van der Waals surface area contributed by atoms with E-state index >= 15 is 0 Å². The van der Waals surface area contributed by atoms with Crippen LogP contribution >= 0.6 is 34.5 Å². The Labute approximate surface area is 112 Å². The van der Waals surface area contributed by atoms with E-state index < -0.39 is 11.9 Å². The van der Waals surface area contributed by atoms with Gasteiger partial charge in [0.05, 0.1) is 11.1 Å². The van der Waals surface area contributed by atoms with Crippen molar-refractivity contribution in [3.8, 4) is 0 Å². The number of aliphatic hydroxyl groups is 1. The number of halogens is 3. The summed E-state index contributed by atoms with van der Waals surface area (Å²) in [6.45, 7) is 0. The van der Waals surface area contributed by atoms with Gasteiger partial charge in [0.15, 0.2) is 0 Å². The molecule has 1 atom stereocenters. The third kappa shape index (κ3) is 2.99. The van der Waals surface area contributed by atoms with E-state index in [1.165, 1.54) is 23.5 Å². The topological polar surface area (TPSA) is 20.2 Å². The summed E-state index contributed by atoms with van der Waals surface area (Å²) in [6, 6.07) is 6.14. The van der Waals surface area contributed by atoms with Gasteiger partial charge >= 0.3 is 0 Å². The van der Waals surface area contributed by atoms with Crippen molar-refractivity contribution in [1.82, 2.24) is 0 Å². The molecular formula is C12H9Cl2FOS. The SMILES string of the molecule is OC(Cc1c(F)cccc1Cl)c1cc(Cl)cs1. The summed E-state index contributed by atoms with van der Waals surface area (Å²) in [5.74, 6) is -0.404. The highest BCUT2D eigenvalue weighted by Crippen LogP contribution is 2.30. The zero-order chi connectivity index (χ0) is 12.4. The van der Waals surface area contributed by atoms with Crippen molar-refractivity contribution in [3.05, 3.63) is 55.9 Å². The first-order chi connectivity index (χ1) is 8.08. The molecule has 0 aliphatic carbocycles. The minimum absolute atomic E-state index is 0.141. The lowest BCUT2D eigenvalue weighted by atomic mass is 10.1. The molecular weight excluding hydrogens is 282 g/mol. The molecule has 1 heterocycles. The van der Waals surface area contributed by atoms with Gasteiger partial charge in [-0.2, -0.15) is 0 Å². The van der Waals surface area contributed by atoms with Crippen LogP contribution in [0.5, 0.6) is 0 Å². The third-order valence-electron chi connectivity index (χ3n) is 2.38. The van der Waals surface area contributed by atoms with Crippen molar-refractivity contribution >= 4 is 34.5 Å². The van der Waals surface area contributed by atoms with Crippen LogP contribution in [0.3, 0.4) is 0 Å². The first-order valence-corrected chi connectivity index (χ1v) is 6.56. The van der Waals surface area contributed by atoms with Crippen LogP contribution in [0.25, 0.3) is 0 Å². The molecule has 0 radical (unpaired) electrons. The number of hydrogen-bond donors (Lipinski definition) is 1. The molecule has 0 saturated carbocycles. The first kappa shape index (κ1) is 12.8. The van der Waals surface area contributed by atoms with Crippen molar-refractivity contribution in [3.63, 3.8) is 0 Å². The lowest BCUT2D eigenvalue weighted by Gasteiger charge is -2.10. The molecule has 17 heavy (non-hydrogen) atoms. The fourth-order valence-corrected chi connectivity index (χ4v) is 2.83. The van der Waals surface area contributed by atoms with E-state index in [0.717, 1.165) is 0 Å². The van der Waals surface area contributed by atoms with Crippen LogP contribution in [0.1, 0.15) is 16.5 Å². The molecule has 0 bridgehead atoms. The fourth-order valence-electron chi connectivity index (χ4n) is 1.52. The lowest BCUT2D eigenvalue weighted by Crippen LogP contribution is -2.02. The summed E-state index contributed by atoms with van der Waals surface area (Å²) in [7, 11) is 0. The number of thiophene rings is 1. The summed E-state index contributed by atoms with van der Waals surface area (Å²) in [5, 5.41) is 12.6. The highest BCUT2D eigenvalue weighted by Gasteiger charge is 2.15. The molecule has 1 aromatic carbocycles. The average Bonchev–Trinajstić information content (AvgIpc) is 2.70. The van der Waals surface area contributed by atoms with Crippen molar-refractivity contribution in [2.45, 2.75) is 12.5 Å². The average molecular weight is 291 g/mol. The van der Waals surface area contributed by atoms with Crippen LogP contribution in [-0.2, 0) is 6.42 Å². The second-order valence-corrected chi connectivity index (χ2v) is 5.37. The van der Waals surface area contributed by atoms with Gasteiger partial charge in [-0.25, -0.2) is 4.39 Å². The van der Waals surface area contributed by atoms with Gasteiger partial charge in [0.1, 0.15) is 5.82 Å².